The van der Waals surface area contributed by atoms with Crippen LogP contribution in [-0.2, 0) is 9.59 Å². The third kappa shape index (κ3) is 5.09. The minimum absolute atomic E-state index is 0.424. The van der Waals surface area contributed by atoms with E-state index in [9.17, 15) is 5.11 Å². The van der Waals surface area contributed by atoms with Crippen LogP contribution in [-0.4, -0.2) is 45.4 Å². The zero-order chi connectivity index (χ0) is 12.9. The Morgan fingerprint density at radius 1 is 1.25 bits per heavy atom. The van der Waals surface area contributed by atoms with E-state index in [1.807, 2.05) is 13.8 Å². The molecule has 2 atom stereocenters. The topological polar surface area (TPSA) is 107 Å². The molecule has 6 nitrogen and oxygen atoms in total. The fourth-order valence-corrected chi connectivity index (χ4v) is 1.82. The lowest BCUT2D eigenvalue weighted by Gasteiger charge is -2.28. The van der Waals surface area contributed by atoms with Crippen molar-refractivity contribution in [2.75, 3.05) is 6.54 Å². The highest BCUT2D eigenvalue weighted by Crippen LogP contribution is 2.26. The number of aliphatic hydroxyl groups is 1. The summed E-state index contributed by atoms with van der Waals surface area (Å²) in [5.74, 6) is -3.22. The van der Waals surface area contributed by atoms with Crippen LogP contribution in [0.25, 0.3) is 0 Å². The summed E-state index contributed by atoms with van der Waals surface area (Å²) in [5, 5.41) is 27.7. The van der Waals surface area contributed by atoms with Gasteiger partial charge in [-0.05, 0) is 33.7 Å². The standard InChI is InChI=1S/C8H17NO.C2H2O4/c1-6-7(4-5-9-6)8(2,3)10;3-1(4)2(5)6/h6-7,9-10H,4-5H2,1-3H3;(H,3,4)(H,5,6)/t6-,7-;/m0./s1. The van der Waals surface area contributed by atoms with Crippen LogP contribution in [0.3, 0.4) is 0 Å². The van der Waals surface area contributed by atoms with Crippen molar-refractivity contribution in [1.29, 1.82) is 0 Å². The molecule has 0 bridgehead atoms. The second kappa shape index (κ2) is 5.81. The number of carbonyl (C=O) groups is 2. The van der Waals surface area contributed by atoms with Crippen molar-refractivity contribution >= 4 is 11.9 Å². The maximum atomic E-state index is 9.65. The van der Waals surface area contributed by atoms with E-state index in [0.29, 0.717) is 12.0 Å². The van der Waals surface area contributed by atoms with Crippen LogP contribution in [0.4, 0.5) is 0 Å². The number of rotatable bonds is 1. The summed E-state index contributed by atoms with van der Waals surface area (Å²) in [5.41, 5.74) is -0.511. The van der Waals surface area contributed by atoms with Crippen LogP contribution < -0.4 is 5.32 Å². The Bertz CT molecular complexity index is 246. The van der Waals surface area contributed by atoms with E-state index in [1.165, 1.54) is 0 Å². The van der Waals surface area contributed by atoms with E-state index < -0.39 is 17.5 Å². The molecule has 0 aliphatic carbocycles. The first-order valence-corrected chi connectivity index (χ1v) is 5.08. The molecule has 1 fully saturated rings. The van der Waals surface area contributed by atoms with Gasteiger partial charge in [0, 0.05) is 12.0 Å². The highest BCUT2D eigenvalue weighted by Gasteiger charge is 2.34. The van der Waals surface area contributed by atoms with E-state index in [2.05, 4.69) is 12.2 Å². The highest BCUT2D eigenvalue weighted by atomic mass is 16.4. The van der Waals surface area contributed by atoms with Gasteiger partial charge in [0.1, 0.15) is 0 Å². The minimum Gasteiger partial charge on any atom is -0.473 e. The molecule has 94 valence electrons. The van der Waals surface area contributed by atoms with Gasteiger partial charge in [-0.15, -0.1) is 0 Å². The van der Waals surface area contributed by atoms with Crippen LogP contribution in [0.5, 0.6) is 0 Å². The van der Waals surface area contributed by atoms with Gasteiger partial charge in [-0.1, -0.05) is 0 Å². The van der Waals surface area contributed by atoms with Crippen molar-refractivity contribution in [1.82, 2.24) is 5.32 Å². The van der Waals surface area contributed by atoms with Crippen molar-refractivity contribution in [3.63, 3.8) is 0 Å². The first-order valence-electron chi connectivity index (χ1n) is 5.08. The predicted molar refractivity (Wildman–Crippen MR) is 57.1 cm³/mol. The maximum absolute atomic E-state index is 9.65. The summed E-state index contributed by atoms with van der Waals surface area (Å²) >= 11 is 0. The number of nitrogens with one attached hydrogen (secondary N) is 1. The van der Waals surface area contributed by atoms with Crippen molar-refractivity contribution in [2.45, 2.75) is 38.8 Å². The second-order valence-corrected chi connectivity index (χ2v) is 4.40. The smallest absolute Gasteiger partial charge is 0.414 e. The SMILES string of the molecule is C[C@@H]1NCC[C@@H]1C(C)(C)O.O=C(O)C(=O)O. The summed E-state index contributed by atoms with van der Waals surface area (Å²) in [4.78, 5) is 18.2. The van der Waals surface area contributed by atoms with E-state index in [0.717, 1.165) is 13.0 Å². The van der Waals surface area contributed by atoms with Gasteiger partial charge in [-0.2, -0.15) is 0 Å². The third-order valence-electron chi connectivity index (χ3n) is 2.62. The average Bonchev–Trinajstić information content (AvgIpc) is 2.51. The van der Waals surface area contributed by atoms with E-state index in [1.54, 1.807) is 0 Å². The molecule has 0 amide bonds. The van der Waals surface area contributed by atoms with Crippen molar-refractivity contribution in [3.05, 3.63) is 0 Å². The molecule has 0 radical (unpaired) electrons. The Morgan fingerprint density at radius 2 is 1.69 bits per heavy atom. The molecule has 0 saturated carbocycles. The first kappa shape index (κ1) is 14.9. The zero-order valence-corrected chi connectivity index (χ0v) is 9.73. The molecule has 1 aliphatic rings. The molecule has 1 saturated heterocycles. The van der Waals surface area contributed by atoms with E-state index in [-0.39, 0.29) is 0 Å². The molecule has 4 N–H and O–H groups in total. The molecule has 6 heteroatoms. The number of carboxylic acids is 2. The Morgan fingerprint density at radius 3 is 1.81 bits per heavy atom. The van der Waals surface area contributed by atoms with Crippen molar-refractivity contribution in [2.24, 2.45) is 5.92 Å². The van der Waals surface area contributed by atoms with Gasteiger partial charge >= 0.3 is 11.9 Å². The Balaban J connectivity index is 0.000000325. The van der Waals surface area contributed by atoms with E-state index >= 15 is 0 Å². The van der Waals surface area contributed by atoms with Crippen LogP contribution in [0, 0.1) is 5.92 Å². The van der Waals surface area contributed by atoms with Crippen LogP contribution in [0.15, 0.2) is 0 Å². The lowest BCUT2D eigenvalue weighted by Crippen LogP contribution is -2.37. The number of aliphatic carboxylic acids is 2. The Hall–Kier alpha value is -1.14. The average molecular weight is 233 g/mol. The van der Waals surface area contributed by atoms with Gasteiger partial charge in [0.15, 0.2) is 0 Å². The monoisotopic (exact) mass is 233 g/mol. The Labute approximate surface area is 94.3 Å². The number of hydrogen-bond donors (Lipinski definition) is 4. The molecule has 1 rings (SSSR count). The first-order chi connectivity index (χ1) is 7.16. The van der Waals surface area contributed by atoms with Gasteiger partial charge < -0.3 is 20.6 Å². The molecule has 0 aromatic rings. The molecular weight excluding hydrogens is 214 g/mol. The second-order valence-electron chi connectivity index (χ2n) is 4.40. The summed E-state index contributed by atoms with van der Waals surface area (Å²) < 4.78 is 0. The van der Waals surface area contributed by atoms with Gasteiger partial charge in [-0.3, -0.25) is 0 Å². The molecule has 16 heavy (non-hydrogen) atoms. The van der Waals surface area contributed by atoms with Crippen molar-refractivity contribution < 1.29 is 24.9 Å². The number of hydrogen-bond acceptors (Lipinski definition) is 4. The Kier molecular flexibility index (Phi) is 5.40. The largest absolute Gasteiger partial charge is 0.473 e. The molecule has 1 heterocycles. The minimum atomic E-state index is -1.82. The van der Waals surface area contributed by atoms with Gasteiger partial charge in [0.2, 0.25) is 0 Å². The number of carboxylic acid groups (broad SMARTS) is 2. The molecular formula is C10H19NO5. The lowest BCUT2D eigenvalue weighted by molar-refractivity contribution is -0.159. The summed E-state index contributed by atoms with van der Waals surface area (Å²) in [6.45, 7) is 6.97. The van der Waals surface area contributed by atoms with Crippen LogP contribution >= 0.6 is 0 Å². The molecule has 0 aromatic heterocycles. The molecule has 1 aliphatic heterocycles. The zero-order valence-electron chi connectivity index (χ0n) is 9.73. The van der Waals surface area contributed by atoms with Crippen LogP contribution in [0.1, 0.15) is 27.2 Å². The quantitative estimate of drug-likeness (QED) is 0.472. The van der Waals surface area contributed by atoms with E-state index in [4.69, 9.17) is 19.8 Å². The lowest BCUT2D eigenvalue weighted by atomic mass is 9.86. The summed E-state index contributed by atoms with van der Waals surface area (Å²) in [7, 11) is 0. The summed E-state index contributed by atoms with van der Waals surface area (Å²) in [6.07, 6.45) is 1.10. The summed E-state index contributed by atoms with van der Waals surface area (Å²) in [6, 6.07) is 0.472. The van der Waals surface area contributed by atoms with Gasteiger partial charge in [0.25, 0.3) is 0 Å². The normalized spacial score (nSPS) is 24.5. The molecule has 0 spiro atoms. The molecule has 0 aromatic carbocycles. The fourth-order valence-electron chi connectivity index (χ4n) is 1.82. The van der Waals surface area contributed by atoms with Gasteiger partial charge in [0.05, 0.1) is 5.60 Å². The van der Waals surface area contributed by atoms with Crippen molar-refractivity contribution in [3.8, 4) is 0 Å². The highest BCUT2D eigenvalue weighted by molar-refractivity contribution is 6.27. The predicted octanol–water partition coefficient (Wildman–Crippen LogP) is -0.0891. The molecule has 0 unspecified atom stereocenters. The fraction of sp³-hybridized carbons (Fsp3) is 0.800. The van der Waals surface area contributed by atoms with Crippen LogP contribution in [0.2, 0.25) is 0 Å². The van der Waals surface area contributed by atoms with Gasteiger partial charge in [-0.25, -0.2) is 9.59 Å². The maximum Gasteiger partial charge on any atom is 0.414 e. The third-order valence-corrected chi connectivity index (χ3v) is 2.62.